The molecule has 2 aromatic carbocycles. The van der Waals surface area contributed by atoms with Crippen LogP contribution in [0.1, 0.15) is 58.6 Å². The fraction of sp³-hybridized carbons (Fsp3) is 0.514. The Morgan fingerprint density at radius 2 is 1.58 bits per heavy atom. The number of carbonyl (C=O) groups excluding carboxylic acids is 3. The topological polar surface area (TPSA) is 138 Å². The minimum Gasteiger partial charge on any atom is -0.465 e. The van der Waals surface area contributed by atoms with E-state index in [0.717, 1.165) is 11.1 Å². The number of fused-ring (bicyclic) bond motifs is 1. The molecule has 1 spiro atoms. The molecule has 2 aromatic rings. The highest BCUT2D eigenvalue weighted by Gasteiger charge is 2.86. The van der Waals surface area contributed by atoms with Crippen molar-refractivity contribution in [2.24, 2.45) is 11.3 Å². The first kappa shape index (κ1) is 32.8. The molecule has 242 valence electrons. The van der Waals surface area contributed by atoms with Crippen LogP contribution in [0.3, 0.4) is 0 Å². The van der Waals surface area contributed by atoms with Gasteiger partial charge in [-0.3, -0.25) is 9.59 Å². The number of hydrogen-bond acceptors (Lipinski definition) is 10. The first-order chi connectivity index (χ1) is 21.2. The fourth-order valence-corrected chi connectivity index (χ4v) is 7.93. The highest BCUT2D eigenvalue weighted by Crippen LogP contribution is 2.69. The van der Waals surface area contributed by atoms with Crippen LogP contribution in [-0.2, 0) is 44.7 Å². The lowest BCUT2D eigenvalue weighted by Crippen LogP contribution is -2.83. The Balaban J connectivity index is 1.69. The normalized spacial score (nSPS) is 35.0. The molecule has 2 saturated carbocycles. The number of aliphatic hydroxyl groups excluding tert-OH is 1. The summed E-state index contributed by atoms with van der Waals surface area (Å²) < 4.78 is 31.2. The summed E-state index contributed by atoms with van der Waals surface area (Å²) in [4.78, 5) is 38.5. The van der Waals surface area contributed by atoms with Gasteiger partial charge in [-0.25, -0.2) is 4.79 Å². The van der Waals surface area contributed by atoms with Crippen LogP contribution in [0.2, 0.25) is 0 Å². The fourth-order valence-electron chi connectivity index (χ4n) is 7.93. The summed E-state index contributed by atoms with van der Waals surface area (Å²) in [5.41, 5.74) is -4.84. The van der Waals surface area contributed by atoms with Crippen LogP contribution in [-0.4, -0.2) is 75.9 Å². The van der Waals surface area contributed by atoms with E-state index in [-0.39, 0.29) is 19.4 Å². The van der Waals surface area contributed by atoms with Gasteiger partial charge in [-0.05, 0) is 50.8 Å². The molecule has 8 unspecified atom stereocenters. The molecule has 5 rings (SSSR count). The first-order valence-corrected chi connectivity index (χ1v) is 15.3. The molecule has 2 aliphatic carbocycles. The number of carbonyl (C=O) groups is 3. The van der Waals surface area contributed by atoms with Gasteiger partial charge in [0.1, 0.15) is 29.8 Å². The van der Waals surface area contributed by atoms with E-state index in [1.54, 1.807) is 26.8 Å². The average molecular weight is 623 g/mol. The summed E-state index contributed by atoms with van der Waals surface area (Å²) in [5.74, 6) is -2.84. The van der Waals surface area contributed by atoms with Gasteiger partial charge in [-0.2, -0.15) is 0 Å². The largest absolute Gasteiger partial charge is 0.465 e. The zero-order valence-electron chi connectivity index (χ0n) is 26.3. The summed E-state index contributed by atoms with van der Waals surface area (Å²) in [6.45, 7) is 7.12. The first-order valence-electron chi connectivity index (χ1n) is 15.3. The van der Waals surface area contributed by atoms with E-state index in [9.17, 15) is 24.6 Å². The Bertz CT molecular complexity index is 1420. The average Bonchev–Trinajstić information content (AvgIpc) is 3.19. The summed E-state index contributed by atoms with van der Waals surface area (Å²) in [6, 6.07) is 18.5. The van der Waals surface area contributed by atoms with Crippen molar-refractivity contribution in [3.63, 3.8) is 0 Å². The van der Waals surface area contributed by atoms with Crippen molar-refractivity contribution in [3.05, 3.63) is 77.9 Å². The van der Waals surface area contributed by atoms with Crippen LogP contribution >= 0.6 is 0 Å². The molecule has 1 heterocycles. The maximum atomic E-state index is 13.4. The quantitative estimate of drug-likeness (QED) is 0.242. The molecular formula is C35H42O10. The molecule has 8 atom stereocenters. The third-order valence-corrected chi connectivity index (χ3v) is 9.65. The van der Waals surface area contributed by atoms with E-state index in [2.05, 4.69) is 0 Å². The second-order valence-corrected chi connectivity index (χ2v) is 13.0. The Kier molecular flexibility index (Phi) is 8.98. The number of benzene rings is 2. The van der Waals surface area contributed by atoms with Gasteiger partial charge in [0, 0.05) is 19.9 Å². The Hall–Kier alpha value is -3.57. The molecule has 3 fully saturated rings. The zero-order valence-corrected chi connectivity index (χ0v) is 26.3. The van der Waals surface area contributed by atoms with Crippen molar-refractivity contribution in [2.75, 3.05) is 6.61 Å². The lowest BCUT2D eigenvalue weighted by molar-refractivity contribution is -0.354. The van der Waals surface area contributed by atoms with Gasteiger partial charge in [0.2, 0.25) is 0 Å². The van der Waals surface area contributed by atoms with E-state index in [0.29, 0.717) is 0 Å². The van der Waals surface area contributed by atoms with Gasteiger partial charge in [0.15, 0.2) is 0 Å². The van der Waals surface area contributed by atoms with Gasteiger partial charge in [0.25, 0.3) is 0 Å². The Morgan fingerprint density at radius 1 is 0.933 bits per heavy atom. The summed E-state index contributed by atoms with van der Waals surface area (Å²) >= 11 is 0. The lowest BCUT2D eigenvalue weighted by atomic mass is 9.46. The third kappa shape index (κ3) is 5.69. The zero-order chi connectivity index (χ0) is 32.6. The number of hydrogen-bond donors (Lipinski definition) is 2. The van der Waals surface area contributed by atoms with Crippen molar-refractivity contribution in [2.45, 2.75) is 95.3 Å². The number of aliphatic hydroxyl groups is 2. The van der Waals surface area contributed by atoms with E-state index in [1.165, 1.54) is 19.9 Å². The molecule has 0 aromatic heterocycles. The molecule has 0 radical (unpaired) electrons. The van der Waals surface area contributed by atoms with Crippen LogP contribution < -0.4 is 0 Å². The smallest absolute Gasteiger partial charge is 0.331 e. The third-order valence-electron chi connectivity index (χ3n) is 9.65. The highest BCUT2D eigenvalue weighted by atomic mass is 16.6. The molecule has 1 saturated heterocycles. The number of ether oxygens (including phenoxy) is 5. The molecule has 3 aliphatic rings. The van der Waals surface area contributed by atoms with Gasteiger partial charge >= 0.3 is 17.9 Å². The predicted molar refractivity (Wildman–Crippen MR) is 162 cm³/mol. The molecular weight excluding hydrogens is 580 g/mol. The number of rotatable bonds is 9. The monoisotopic (exact) mass is 622 g/mol. The second-order valence-electron chi connectivity index (χ2n) is 13.0. The molecule has 1 aliphatic heterocycles. The standard InChI is InChI=1S/C35H42O10/c1-22(36)42-21-34-26(44-27(38)17-16-24-12-8-6-9-13-24)18-19-33(5,40)35(34)30(43-23(2)37)28(32(3,4)45-35)29(39)31(34)41-20-25-14-10-7-11-15-25/h6-17,26,28-31,39-40H,18-21H2,1-5H3. The SMILES string of the molecule is CC(=O)OCC12C(OC(=O)C=Cc3ccccc3)CCC(C)(O)C13OC(C)(C)C(C(O)C2OCc1ccccc1)C3OC(C)=O. The van der Waals surface area contributed by atoms with Gasteiger partial charge in [0.05, 0.1) is 35.9 Å². The Labute approximate surface area is 263 Å². The molecule has 45 heavy (non-hydrogen) atoms. The highest BCUT2D eigenvalue weighted by molar-refractivity contribution is 5.87. The number of esters is 3. The van der Waals surface area contributed by atoms with Crippen molar-refractivity contribution in [1.29, 1.82) is 0 Å². The minimum absolute atomic E-state index is 0.0442. The van der Waals surface area contributed by atoms with E-state index < -0.39 is 77.1 Å². The van der Waals surface area contributed by atoms with Crippen LogP contribution in [0, 0.1) is 11.3 Å². The van der Waals surface area contributed by atoms with Crippen LogP contribution in [0.15, 0.2) is 66.7 Å². The van der Waals surface area contributed by atoms with Gasteiger partial charge in [-0.1, -0.05) is 60.7 Å². The lowest BCUT2D eigenvalue weighted by Gasteiger charge is -2.65. The van der Waals surface area contributed by atoms with E-state index >= 15 is 0 Å². The maximum absolute atomic E-state index is 13.4. The van der Waals surface area contributed by atoms with Crippen LogP contribution in [0.5, 0.6) is 0 Å². The van der Waals surface area contributed by atoms with Crippen molar-refractivity contribution < 1.29 is 48.3 Å². The second kappa shape index (κ2) is 12.3. The maximum Gasteiger partial charge on any atom is 0.331 e. The van der Waals surface area contributed by atoms with Crippen LogP contribution in [0.25, 0.3) is 6.08 Å². The molecule has 2 N–H and O–H groups in total. The van der Waals surface area contributed by atoms with Crippen LogP contribution in [0.4, 0.5) is 0 Å². The molecule has 2 bridgehead atoms. The van der Waals surface area contributed by atoms with E-state index in [1.807, 2.05) is 60.7 Å². The molecule has 0 amide bonds. The van der Waals surface area contributed by atoms with Crippen molar-refractivity contribution in [3.8, 4) is 0 Å². The summed E-state index contributed by atoms with van der Waals surface area (Å²) in [7, 11) is 0. The summed E-state index contributed by atoms with van der Waals surface area (Å²) in [5, 5.41) is 24.6. The van der Waals surface area contributed by atoms with Gasteiger partial charge < -0.3 is 33.9 Å². The van der Waals surface area contributed by atoms with Crippen molar-refractivity contribution >= 4 is 24.0 Å². The minimum atomic E-state index is -1.83. The van der Waals surface area contributed by atoms with E-state index in [4.69, 9.17) is 23.7 Å². The summed E-state index contributed by atoms with van der Waals surface area (Å²) in [6.07, 6.45) is -1.76. The van der Waals surface area contributed by atoms with Crippen molar-refractivity contribution in [1.82, 2.24) is 0 Å². The molecule has 10 heteroatoms. The molecule has 10 nitrogen and oxygen atoms in total. The Morgan fingerprint density at radius 3 is 2.20 bits per heavy atom. The predicted octanol–water partition coefficient (Wildman–Crippen LogP) is 3.76. The van der Waals surface area contributed by atoms with Gasteiger partial charge in [-0.15, -0.1) is 0 Å².